The molecule has 0 spiro atoms. The summed E-state index contributed by atoms with van der Waals surface area (Å²) in [6.07, 6.45) is 2.71. The van der Waals surface area contributed by atoms with Gasteiger partial charge in [0.1, 0.15) is 11.9 Å². The molecule has 1 aliphatic rings. The Kier molecular flexibility index (Phi) is 4.34. The number of rotatable bonds is 5. The molecule has 2 aromatic rings. The van der Waals surface area contributed by atoms with E-state index in [1.54, 1.807) is 18.3 Å². The molecule has 0 unspecified atom stereocenters. The molecular weight excluding hydrogens is 280 g/mol. The van der Waals surface area contributed by atoms with Crippen molar-refractivity contribution in [3.8, 4) is 5.75 Å². The normalized spacial score (nSPS) is 18.3. The summed E-state index contributed by atoms with van der Waals surface area (Å²) in [4.78, 5) is 17.6. The molecule has 1 atom stereocenters. The van der Waals surface area contributed by atoms with Crippen molar-refractivity contribution in [2.45, 2.75) is 19.1 Å². The van der Waals surface area contributed by atoms with Crippen LogP contribution in [0.25, 0.3) is 0 Å². The largest absolute Gasteiger partial charge is 0.489 e. The highest BCUT2D eigenvalue weighted by atomic mass is 16.5. The predicted octanol–water partition coefficient (Wildman–Crippen LogP) is 2.43. The minimum atomic E-state index is -0.931. The van der Waals surface area contributed by atoms with Crippen molar-refractivity contribution in [3.05, 3.63) is 59.9 Å². The second-order valence-electron chi connectivity index (χ2n) is 5.38. The Labute approximate surface area is 129 Å². The molecule has 5 nitrogen and oxygen atoms in total. The minimum absolute atomic E-state index is 0.138. The molecule has 114 valence electrons. The van der Waals surface area contributed by atoms with Crippen molar-refractivity contribution in [2.75, 3.05) is 13.1 Å². The standard InChI is InChI=1S/C17H18N2O3/c20-17(21)15-7-4-9-18-16(15)12-19-10-8-14(11-19)22-13-5-2-1-3-6-13/h1-7,9,14H,8,10-12H2,(H,20,21)/t14-/m1/s1. The van der Waals surface area contributed by atoms with Crippen molar-refractivity contribution < 1.29 is 14.6 Å². The van der Waals surface area contributed by atoms with Crippen LogP contribution in [-0.4, -0.2) is 40.2 Å². The second-order valence-corrected chi connectivity index (χ2v) is 5.38. The minimum Gasteiger partial charge on any atom is -0.489 e. The van der Waals surface area contributed by atoms with Gasteiger partial charge in [0.25, 0.3) is 0 Å². The molecule has 0 bridgehead atoms. The fourth-order valence-corrected chi connectivity index (χ4v) is 2.70. The maximum atomic E-state index is 11.2. The molecule has 5 heteroatoms. The van der Waals surface area contributed by atoms with Crippen molar-refractivity contribution in [3.63, 3.8) is 0 Å². The maximum Gasteiger partial charge on any atom is 0.337 e. The Hall–Kier alpha value is -2.40. The first-order valence-electron chi connectivity index (χ1n) is 7.33. The van der Waals surface area contributed by atoms with Crippen molar-refractivity contribution in [2.24, 2.45) is 0 Å². The van der Waals surface area contributed by atoms with E-state index in [9.17, 15) is 9.90 Å². The van der Waals surface area contributed by atoms with Gasteiger partial charge in [0.2, 0.25) is 0 Å². The van der Waals surface area contributed by atoms with Gasteiger partial charge in [-0.1, -0.05) is 18.2 Å². The molecule has 0 radical (unpaired) electrons. The smallest absolute Gasteiger partial charge is 0.337 e. The van der Waals surface area contributed by atoms with Crippen LogP contribution in [0.4, 0.5) is 0 Å². The third-order valence-corrected chi connectivity index (χ3v) is 3.77. The molecule has 1 aromatic carbocycles. The van der Waals surface area contributed by atoms with Crippen LogP contribution in [0, 0.1) is 0 Å². The zero-order valence-electron chi connectivity index (χ0n) is 12.2. The molecule has 2 heterocycles. The van der Waals surface area contributed by atoms with Gasteiger partial charge in [0.05, 0.1) is 11.3 Å². The van der Waals surface area contributed by atoms with Crippen LogP contribution in [0.3, 0.4) is 0 Å². The number of hydrogen-bond donors (Lipinski definition) is 1. The zero-order chi connectivity index (χ0) is 15.4. The van der Waals surface area contributed by atoms with E-state index in [-0.39, 0.29) is 11.7 Å². The lowest BCUT2D eigenvalue weighted by atomic mass is 10.2. The fraction of sp³-hybridized carbons (Fsp3) is 0.294. The van der Waals surface area contributed by atoms with E-state index in [2.05, 4.69) is 9.88 Å². The van der Waals surface area contributed by atoms with E-state index >= 15 is 0 Å². The lowest BCUT2D eigenvalue weighted by molar-refractivity contribution is 0.0694. The number of benzene rings is 1. The molecule has 1 saturated heterocycles. The molecule has 1 aliphatic heterocycles. The van der Waals surface area contributed by atoms with Crippen LogP contribution in [0.15, 0.2) is 48.7 Å². The van der Waals surface area contributed by atoms with Crippen LogP contribution in [0.1, 0.15) is 22.5 Å². The number of carboxylic acid groups (broad SMARTS) is 1. The molecule has 1 fully saturated rings. The Morgan fingerprint density at radius 2 is 2.09 bits per heavy atom. The summed E-state index contributed by atoms with van der Waals surface area (Å²) in [5.74, 6) is -0.0576. The first-order valence-corrected chi connectivity index (χ1v) is 7.33. The number of carboxylic acids is 1. The number of ether oxygens (including phenoxy) is 1. The Balaban J connectivity index is 1.61. The number of aromatic carboxylic acids is 1. The van der Waals surface area contributed by atoms with E-state index < -0.39 is 5.97 Å². The summed E-state index contributed by atoms with van der Waals surface area (Å²) in [7, 11) is 0. The summed E-state index contributed by atoms with van der Waals surface area (Å²) in [6.45, 7) is 2.20. The Bertz CT molecular complexity index is 645. The SMILES string of the molecule is O=C(O)c1cccnc1CN1CC[C@@H](Oc2ccccc2)C1. The first kappa shape index (κ1) is 14.5. The second kappa shape index (κ2) is 6.58. The maximum absolute atomic E-state index is 11.2. The van der Waals surface area contributed by atoms with Crippen molar-refractivity contribution in [1.29, 1.82) is 0 Å². The van der Waals surface area contributed by atoms with Gasteiger partial charge in [-0.2, -0.15) is 0 Å². The fourth-order valence-electron chi connectivity index (χ4n) is 2.70. The highest BCUT2D eigenvalue weighted by molar-refractivity contribution is 5.88. The van der Waals surface area contributed by atoms with Crippen LogP contribution in [0.5, 0.6) is 5.75 Å². The zero-order valence-corrected chi connectivity index (χ0v) is 12.2. The number of nitrogens with zero attached hydrogens (tertiary/aromatic N) is 2. The van der Waals surface area contributed by atoms with Crippen molar-refractivity contribution in [1.82, 2.24) is 9.88 Å². The van der Waals surface area contributed by atoms with Crippen LogP contribution in [0.2, 0.25) is 0 Å². The molecule has 0 amide bonds. The highest BCUT2D eigenvalue weighted by Crippen LogP contribution is 2.20. The number of pyridine rings is 1. The number of carbonyl (C=O) groups is 1. The average molecular weight is 298 g/mol. The van der Waals surface area contributed by atoms with E-state index in [1.165, 1.54) is 0 Å². The third-order valence-electron chi connectivity index (χ3n) is 3.77. The summed E-state index contributed by atoms with van der Waals surface area (Å²) in [5.41, 5.74) is 0.880. The lowest BCUT2D eigenvalue weighted by Gasteiger charge is -2.17. The molecule has 0 aliphatic carbocycles. The van der Waals surface area contributed by atoms with Gasteiger partial charge >= 0.3 is 5.97 Å². The lowest BCUT2D eigenvalue weighted by Crippen LogP contribution is -2.25. The van der Waals surface area contributed by atoms with Crippen LogP contribution in [-0.2, 0) is 6.54 Å². The topological polar surface area (TPSA) is 62.7 Å². The number of aromatic nitrogens is 1. The van der Waals surface area contributed by atoms with Gasteiger partial charge in [-0.15, -0.1) is 0 Å². The molecule has 1 aromatic heterocycles. The van der Waals surface area contributed by atoms with Gasteiger partial charge < -0.3 is 9.84 Å². The monoisotopic (exact) mass is 298 g/mol. The number of likely N-dealkylation sites (tertiary alicyclic amines) is 1. The van der Waals surface area contributed by atoms with E-state index in [4.69, 9.17) is 4.74 Å². The van der Waals surface area contributed by atoms with E-state index in [0.29, 0.717) is 12.2 Å². The third kappa shape index (κ3) is 3.43. The summed E-state index contributed by atoms with van der Waals surface area (Å²) in [5, 5.41) is 9.20. The highest BCUT2D eigenvalue weighted by Gasteiger charge is 2.25. The summed E-state index contributed by atoms with van der Waals surface area (Å²) < 4.78 is 5.94. The van der Waals surface area contributed by atoms with E-state index in [1.807, 2.05) is 30.3 Å². The van der Waals surface area contributed by atoms with Crippen molar-refractivity contribution >= 4 is 5.97 Å². The number of hydrogen-bond acceptors (Lipinski definition) is 4. The molecular formula is C17H18N2O3. The van der Waals surface area contributed by atoms with Crippen LogP contribution >= 0.6 is 0 Å². The Morgan fingerprint density at radius 3 is 2.86 bits per heavy atom. The first-order chi connectivity index (χ1) is 10.7. The predicted molar refractivity (Wildman–Crippen MR) is 81.9 cm³/mol. The number of para-hydroxylation sites is 1. The van der Waals surface area contributed by atoms with Gasteiger partial charge in [0, 0.05) is 25.8 Å². The molecule has 1 N–H and O–H groups in total. The molecule has 0 saturated carbocycles. The van der Waals surface area contributed by atoms with Gasteiger partial charge in [-0.05, 0) is 30.7 Å². The summed E-state index contributed by atoms with van der Waals surface area (Å²) >= 11 is 0. The summed E-state index contributed by atoms with van der Waals surface area (Å²) in [6, 6.07) is 13.0. The average Bonchev–Trinajstić information content (AvgIpc) is 2.96. The van der Waals surface area contributed by atoms with Gasteiger partial charge in [-0.25, -0.2) is 4.79 Å². The van der Waals surface area contributed by atoms with Gasteiger partial charge in [0.15, 0.2) is 0 Å². The molecule has 22 heavy (non-hydrogen) atoms. The van der Waals surface area contributed by atoms with Crippen LogP contribution < -0.4 is 4.74 Å². The quantitative estimate of drug-likeness (QED) is 0.918. The van der Waals surface area contributed by atoms with Gasteiger partial charge in [-0.3, -0.25) is 9.88 Å². The molecule has 3 rings (SSSR count). The Morgan fingerprint density at radius 1 is 1.27 bits per heavy atom. The van der Waals surface area contributed by atoms with E-state index in [0.717, 1.165) is 25.3 Å².